The van der Waals surface area contributed by atoms with Crippen LogP contribution < -0.4 is 20.7 Å². The number of nitrogen functional groups attached to an aromatic ring is 1. The van der Waals surface area contributed by atoms with Gasteiger partial charge >= 0.3 is 12.2 Å². The molecule has 0 saturated carbocycles. The van der Waals surface area contributed by atoms with Gasteiger partial charge < -0.3 is 25.6 Å². The quantitative estimate of drug-likeness (QED) is 0.261. The first-order valence-corrected chi connectivity index (χ1v) is 14.5. The van der Waals surface area contributed by atoms with Gasteiger partial charge in [-0.2, -0.15) is 23.1 Å². The molecule has 4 atom stereocenters. The van der Waals surface area contributed by atoms with Crippen molar-refractivity contribution in [2.75, 3.05) is 50.5 Å². The number of likely N-dealkylation sites (tertiary alicyclic amines) is 1. The number of aromatic nitrogens is 2. The molecule has 3 fully saturated rings. The Morgan fingerprint density at radius 1 is 1.07 bits per heavy atom. The Morgan fingerprint density at radius 2 is 1.75 bits per heavy atom. The SMILES string of the molecule is CN1CC[C@H](F)[C@@](C)(COc2nc(N3C[C@H]4CC[C@@H](C3)N4)c3cc(F)c(-c4c(F)c(N)cc(Cl)c4C(F)(F)F)c(F)c3n2)C1. The van der Waals surface area contributed by atoms with Crippen molar-refractivity contribution in [2.24, 2.45) is 5.41 Å². The number of nitrogens with two attached hydrogens (primary N) is 1. The Labute approximate surface area is 253 Å². The molecular formula is C29H30ClF7N6O. The van der Waals surface area contributed by atoms with Gasteiger partial charge in [0.15, 0.2) is 11.6 Å². The molecule has 0 amide bonds. The first kappa shape index (κ1) is 30.9. The molecule has 0 unspecified atom stereocenters. The molecule has 7 nitrogen and oxygen atoms in total. The molecule has 3 saturated heterocycles. The number of piperidine rings is 1. The number of ether oxygens (including phenoxy) is 1. The largest absolute Gasteiger partial charge is 0.463 e. The Morgan fingerprint density at radius 3 is 2.41 bits per heavy atom. The Kier molecular flexibility index (Phi) is 7.77. The number of piperazine rings is 1. The van der Waals surface area contributed by atoms with E-state index in [1.807, 2.05) is 11.9 Å². The van der Waals surface area contributed by atoms with E-state index in [4.69, 9.17) is 22.1 Å². The van der Waals surface area contributed by atoms with Crippen molar-refractivity contribution < 1.29 is 35.5 Å². The summed E-state index contributed by atoms with van der Waals surface area (Å²) >= 11 is 5.80. The molecule has 3 aliphatic heterocycles. The maximum atomic E-state index is 16.4. The van der Waals surface area contributed by atoms with Crippen LogP contribution in [0.4, 0.5) is 42.2 Å². The smallest absolute Gasteiger partial charge is 0.418 e. The van der Waals surface area contributed by atoms with Crippen LogP contribution in [0.15, 0.2) is 12.1 Å². The lowest BCUT2D eigenvalue weighted by molar-refractivity contribution is -0.137. The van der Waals surface area contributed by atoms with E-state index in [2.05, 4.69) is 15.3 Å². The number of alkyl halides is 4. The summed E-state index contributed by atoms with van der Waals surface area (Å²) in [5, 5.41) is 2.27. The highest BCUT2D eigenvalue weighted by Crippen LogP contribution is 2.47. The number of fused-ring (bicyclic) bond motifs is 3. The molecule has 3 aromatic rings. The summed E-state index contributed by atoms with van der Waals surface area (Å²) in [7, 11) is 1.84. The summed E-state index contributed by atoms with van der Waals surface area (Å²) in [4.78, 5) is 12.3. The molecule has 2 aromatic carbocycles. The number of nitrogens with zero attached hydrogens (tertiary/aromatic N) is 4. The maximum Gasteiger partial charge on any atom is 0.418 e. The van der Waals surface area contributed by atoms with E-state index in [0.717, 1.165) is 18.9 Å². The van der Waals surface area contributed by atoms with Crippen molar-refractivity contribution in [3.8, 4) is 17.1 Å². The van der Waals surface area contributed by atoms with Crippen LogP contribution in [0.2, 0.25) is 5.02 Å². The highest BCUT2D eigenvalue weighted by Gasteiger charge is 2.42. The van der Waals surface area contributed by atoms with E-state index in [9.17, 15) is 17.6 Å². The fraction of sp³-hybridized carbons (Fsp3) is 0.517. The maximum absolute atomic E-state index is 16.4. The van der Waals surface area contributed by atoms with Crippen molar-refractivity contribution in [3.63, 3.8) is 0 Å². The van der Waals surface area contributed by atoms with Gasteiger partial charge in [0.1, 0.15) is 29.9 Å². The lowest BCUT2D eigenvalue weighted by Gasteiger charge is -2.40. The second kappa shape index (κ2) is 11.1. The molecular weight excluding hydrogens is 617 g/mol. The van der Waals surface area contributed by atoms with Crippen LogP contribution in [0.25, 0.3) is 22.0 Å². The molecule has 6 rings (SSSR count). The summed E-state index contributed by atoms with van der Waals surface area (Å²) < 4.78 is 111. The van der Waals surface area contributed by atoms with Crippen LogP contribution >= 0.6 is 11.6 Å². The number of rotatable bonds is 5. The Bertz CT molecular complexity index is 1610. The molecule has 2 bridgehead atoms. The third-order valence-electron chi connectivity index (χ3n) is 8.82. The molecule has 1 aromatic heterocycles. The third kappa shape index (κ3) is 5.38. The minimum atomic E-state index is -5.29. The lowest BCUT2D eigenvalue weighted by Crippen LogP contribution is -2.51. The first-order chi connectivity index (χ1) is 20.7. The molecule has 0 radical (unpaired) electrons. The van der Waals surface area contributed by atoms with E-state index in [-0.39, 0.29) is 42.3 Å². The fourth-order valence-corrected chi connectivity index (χ4v) is 6.98. The molecule has 15 heteroatoms. The van der Waals surface area contributed by atoms with E-state index in [0.29, 0.717) is 32.2 Å². The summed E-state index contributed by atoms with van der Waals surface area (Å²) in [6.45, 7) is 3.28. The van der Waals surface area contributed by atoms with Crippen molar-refractivity contribution in [2.45, 2.75) is 50.6 Å². The van der Waals surface area contributed by atoms with Gasteiger partial charge in [-0.3, -0.25) is 0 Å². The monoisotopic (exact) mass is 646 g/mol. The van der Waals surface area contributed by atoms with Gasteiger partial charge in [-0.15, -0.1) is 0 Å². The van der Waals surface area contributed by atoms with Crippen LogP contribution in [0, 0.1) is 22.9 Å². The van der Waals surface area contributed by atoms with E-state index in [1.165, 1.54) is 0 Å². The summed E-state index contributed by atoms with van der Waals surface area (Å²) in [5.74, 6) is -4.66. The third-order valence-corrected chi connectivity index (χ3v) is 9.12. The Hall–Kier alpha value is -3.10. The zero-order valence-electron chi connectivity index (χ0n) is 23.8. The van der Waals surface area contributed by atoms with Crippen molar-refractivity contribution in [3.05, 3.63) is 40.2 Å². The van der Waals surface area contributed by atoms with Crippen LogP contribution in [-0.2, 0) is 6.18 Å². The zero-order valence-corrected chi connectivity index (χ0v) is 24.6. The number of benzene rings is 2. The zero-order chi connectivity index (χ0) is 31.7. The molecule has 4 heterocycles. The normalized spacial score (nSPS) is 26.0. The average Bonchev–Trinajstić information content (AvgIpc) is 3.28. The lowest BCUT2D eigenvalue weighted by atomic mass is 9.81. The number of nitrogens with one attached hydrogen (secondary N) is 1. The van der Waals surface area contributed by atoms with Crippen LogP contribution in [0.1, 0.15) is 31.7 Å². The second-order valence-electron chi connectivity index (χ2n) is 12.3. The molecule has 0 spiro atoms. The van der Waals surface area contributed by atoms with Crippen LogP contribution in [0.3, 0.4) is 0 Å². The second-order valence-corrected chi connectivity index (χ2v) is 12.7. The van der Waals surface area contributed by atoms with Gasteiger partial charge in [-0.05, 0) is 38.4 Å². The summed E-state index contributed by atoms with van der Waals surface area (Å²) in [6, 6.07) is 1.10. The standard InChI is InChI=1S/C29H30ClF7N6O/c1-28(11-42(2)6-5-19(28)32)12-44-27-40-25-15(26(41-27)43-9-13-3-4-14(10-43)39-13)7-17(31)20(24(25)34)21-22(29(35,36)37)16(30)8-18(38)23(21)33/h7-8,13-14,19,39H,3-6,9-12,38H2,1-2H3/t13-,14+,19-,28+/m0/s1. The number of halogens is 8. The van der Waals surface area contributed by atoms with Gasteiger partial charge in [0.2, 0.25) is 0 Å². The predicted octanol–water partition coefficient (Wildman–Crippen LogP) is 5.97. The van der Waals surface area contributed by atoms with Gasteiger partial charge in [-0.25, -0.2) is 17.6 Å². The number of hydrogen-bond acceptors (Lipinski definition) is 7. The predicted molar refractivity (Wildman–Crippen MR) is 152 cm³/mol. The average molecular weight is 647 g/mol. The van der Waals surface area contributed by atoms with Gasteiger partial charge in [-0.1, -0.05) is 18.5 Å². The highest BCUT2D eigenvalue weighted by molar-refractivity contribution is 6.32. The highest BCUT2D eigenvalue weighted by atomic mass is 35.5. The van der Waals surface area contributed by atoms with Crippen LogP contribution in [0.5, 0.6) is 6.01 Å². The van der Waals surface area contributed by atoms with Crippen molar-refractivity contribution >= 4 is 34.0 Å². The fourth-order valence-electron chi connectivity index (χ4n) is 6.66. The topological polar surface area (TPSA) is 79.5 Å². The Balaban J connectivity index is 1.53. The summed E-state index contributed by atoms with van der Waals surface area (Å²) in [5.41, 5.74) is -1.43. The minimum absolute atomic E-state index is 0.0824. The van der Waals surface area contributed by atoms with Crippen molar-refractivity contribution in [1.29, 1.82) is 0 Å². The van der Waals surface area contributed by atoms with Crippen molar-refractivity contribution in [1.82, 2.24) is 20.2 Å². The molecule has 3 aliphatic rings. The number of hydrogen-bond donors (Lipinski definition) is 2. The van der Waals surface area contributed by atoms with Crippen LogP contribution in [-0.4, -0.2) is 73.0 Å². The minimum Gasteiger partial charge on any atom is -0.463 e. The van der Waals surface area contributed by atoms with E-state index in [1.54, 1.807) is 11.8 Å². The molecule has 0 aliphatic carbocycles. The molecule has 238 valence electrons. The van der Waals surface area contributed by atoms with Gasteiger partial charge in [0, 0.05) is 54.6 Å². The first-order valence-electron chi connectivity index (χ1n) is 14.2. The van der Waals surface area contributed by atoms with E-state index < -0.39 is 68.1 Å². The van der Waals surface area contributed by atoms with Gasteiger partial charge in [0.05, 0.1) is 21.8 Å². The van der Waals surface area contributed by atoms with E-state index >= 15 is 13.2 Å². The molecule has 44 heavy (non-hydrogen) atoms. The summed E-state index contributed by atoms with van der Waals surface area (Å²) in [6.07, 6.45) is -4.47. The molecule has 3 N–H and O–H groups in total. The van der Waals surface area contributed by atoms with Gasteiger partial charge in [0.25, 0.3) is 0 Å². The number of anilines is 2.